The first-order chi connectivity index (χ1) is 18.2. The Labute approximate surface area is 222 Å². The van der Waals surface area contributed by atoms with Gasteiger partial charge >= 0.3 is 0 Å². The van der Waals surface area contributed by atoms with Gasteiger partial charge in [-0.15, -0.1) is 10.2 Å². The first-order valence-electron chi connectivity index (χ1n) is 11.1. The molecular weight excluding hydrogens is 535 g/mol. The second kappa shape index (κ2) is 10.2. The molecule has 2 aromatic carbocycles. The molecule has 3 heterocycles. The molecule has 38 heavy (non-hydrogen) atoms. The van der Waals surface area contributed by atoms with Gasteiger partial charge in [0, 0.05) is 17.9 Å². The number of aryl methyl sites for hydroxylation is 1. The van der Waals surface area contributed by atoms with E-state index in [1.807, 2.05) is 0 Å². The van der Waals surface area contributed by atoms with Crippen LogP contribution >= 0.6 is 23.1 Å². The van der Waals surface area contributed by atoms with Crippen LogP contribution in [-0.2, 0) is 10.5 Å². The average Bonchev–Trinajstić information content (AvgIpc) is 3.62. The SMILES string of the molecule is Cc1ccc(C(=O)C2=C(O)C(=O)N(c3nnc(SCc4ccc(F)cc4)s3)C2c2ccc([N+](=O)[O-])cc2)o1. The number of hydrogen-bond acceptors (Lipinski definition) is 10. The number of nitro groups is 1. The fraction of sp³-hybridized carbons (Fsp3) is 0.120. The number of nitrogens with zero attached hydrogens (tertiary/aromatic N) is 4. The molecule has 2 aromatic heterocycles. The van der Waals surface area contributed by atoms with Crippen molar-refractivity contribution in [3.05, 3.63) is 111 Å². The summed E-state index contributed by atoms with van der Waals surface area (Å²) in [6.45, 7) is 1.65. The Kier molecular flexibility index (Phi) is 6.78. The number of Topliss-reactive ketones (excluding diaryl/α,β-unsaturated/α-hetero) is 1. The molecule has 0 bridgehead atoms. The molecule has 1 atom stereocenters. The van der Waals surface area contributed by atoms with Crippen molar-refractivity contribution in [3.8, 4) is 0 Å². The first-order valence-corrected chi connectivity index (χ1v) is 12.9. The second-order valence-electron chi connectivity index (χ2n) is 8.19. The van der Waals surface area contributed by atoms with E-state index in [2.05, 4.69) is 10.2 Å². The summed E-state index contributed by atoms with van der Waals surface area (Å²) >= 11 is 2.39. The molecule has 1 unspecified atom stereocenters. The Morgan fingerprint density at radius 2 is 1.87 bits per heavy atom. The smallest absolute Gasteiger partial charge is 0.296 e. The molecule has 1 aliphatic heterocycles. The van der Waals surface area contributed by atoms with E-state index >= 15 is 0 Å². The lowest BCUT2D eigenvalue weighted by Crippen LogP contribution is -2.31. The summed E-state index contributed by atoms with van der Waals surface area (Å²) in [6.07, 6.45) is 0. The van der Waals surface area contributed by atoms with Crippen LogP contribution in [0.25, 0.3) is 0 Å². The van der Waals surface area contributed by atoms with Gasteiger partial charge in [-0.1, -0.05) is 35.2 Å². The standard InChI is InChI=1S/C25H17FN4O6S2/c1-13-2-11-18(36-13)21(31)19-20(15-5-9-17(10-6-15)30(34)35)29(23(33)22(19)32)24-27-28-25(38-24)37-12-14-3-7-16(26)8-4-14/h2-11,20,32H,12H2,1H3. The summed E-state index contributed by atoms with van der Waals surface area (Å²) in [7, 11) is 0. The molecule has 1 amide bonds. The Morgan fingerprint density at radius 1 is 1.16 bits per heavy atom. The lowest BCUT2D eigenvalue weighted by atomic mass is 9.95. The van der Waals surface area contributed by atoms with Crippen LogP contribution in [0.5, 0.6) is 0 Å². The number of amides is 1. The topological polar surface area (TPSA) is 140 Å². The number of hydrogen-bond donors (Lipinski definition) is 1. The molecule has 0 spiro atoms. The minimum absolute atomic E-state index is 0.0709. The van der Waals surface area contributed by atoms with Gasteiger partial charge in [-0.3, -0.25) is 24.6 Å². The van der Waals surface area contributed by atoms with Gasteiger partial charge in [0.15, 0.2) is 15.9 Å². The predicted octanol–water partition coefficient (Wildman–Crippen LogP) is 5.56. The fourth-order valence-electron chi connectivity index (χ4n) is 3.90. The highest BCUT2D eigenvalue weighted by molar-refractivity contribution is 8.00. The number of aliphatic hydroxyl groups is 1. The van der Waals surface area contributed by atoms with E-state index in [1.54, 1.807) is 25.1 Å². The monoisotopic (exact) mass is 552 g/mol. The Balaban J connectivity index is 1.50. The van der Waals surface area contributed by atoms with Crippen molar-refractivity contribution in [2.24, 2.45) is 0 Å². The van der Waals surface area contributed by atoms with Crippen molar-refractivity contribution in [1.82, 2.24) is 10.2 Å². The van der Waals surface area contributed by atoms with Gasteiger partial charge in [-0.25, -0.2) is 4.39 Å². The molecule has 4 aromatic rings. The van der Waals surface area contributed by atoms with Crippen LogP contribution in [0.15, 0.2) is 80.8 Å². The van der Waals surface area contributed by atoms with Crippen molar-refractivity contribution in [2.75, 3.05) is 4.90 Å². The number of benzene rings is 2. The fourth-order valence-corrected chi connectivity index (χ4v) is 5.72. The number of aliphatic hydroxyl groups excluding tert-OH is 1. The van der Waals surface area contributed by atoms with Crippen LogP contribution in [0.2, 0.25) is 0 Å². The van der Waals surface area contributed by atoms with E-state index in [4.69, 9.17) is 4.42 Å². The molecule has 13 heteroatoms. The van der Waals surface area contributed by atoms with Crippen molar-refractivity contribution in [3.63, 3.8) is 0 Å². The Bertz CT molecular complexity index is 1580. The van der Waals surface area contributed by atoms with E-state index in [1.165, 1.54) is 54.2 Å². The number of carbonyl (C=O) groups is 2. The van der Waals surface area contributed by atoms with Gasteiger partial charge in [0.05, 0.1) is 16.5 Å². The van der Waals surface area contributed by atoms with Crippen molar-refractivity contribution < 1.29 is 28.4 Å². The van der Waals surface area contributed by atoms with E-state index in [0.29, 0.717) is 21.4 Å². The summed E-state index contributed by atoms with van der Waals surface area (Å²) in [5, 5.41) is 30.3. The number of carbonyl (C=O) groups excluding carboxylic acids is 2. The third-order valence-electron chi connectivity index (χ3n) is 5.71. The van der Waals surface area contributed by atoms with Crippen LogP contribution < -0.4 is 4.90 Å². The number of rotatable bonds is 8. The predicted molar refractivity (Wildman–Crippen MR) is 137 cm³/mol. The quantitative estimate of drug-likeness (QED) is 0.0978. The lowest BCUT2D eigenvalue weighted by molar-refractivity contribution is -0.384. The number of thioether (sulfide) groups is 1. The number of aromatic nitrogens is 2. The average molecular weight is 553 g/mol. The third kappa shape index (κ3) is 4.80. The largest absolute Gasteiger partial charge is 0.503 e. The summed E-state index contributed by atoms with van der Waals surface area (Å²) < 4.78 is 19.1. The van der Waals surface area contributed by atoms with Crippen LogP contribution in [0.1, 0.15) is 33.5 Å². The zero-order valence-electron chi connectivity index (χ0n) is 19.5. The van der Waals surface area contributed by atoms with Gasteiger partial charge < -0.3 is 9.52 Å². The van der Waals surface area contributed by atoms with Gasteiger partial charge in [-0.05, 0) is 54.4 Å². The summed E-state index contributed by atoms with van der Waals surface area (Å²) in [6, 6.07) is 13.2. The van der Waals surface area contributed by atoms with Gasteiger partial charge in [0.1, 0.15) is 11.6 Å². The van der Waals surface area contributed by atoms with E-state index in [9.17, 15) is 29.2 Å². The number of furan rings is 1. The highest BCUT2D eigenvalue weighted by Gasteiger charge is 2.46. The highest BCUT2D eigenvalue weighted by atomic mass is 32.2. The molecule has 5 rings (SSSR count). The number of anilines is 1. The zero-order chi connectivity index (χ0) is 27.0. The Morgan fingerprint density at radius 3 is 2.50 bits per heavy atom. The van der Waals surface area contributed by atoms with Gasteiger partial charge in [0.25, 0.3) is 11.6 Å². The normalized spacial score (nSPS) is 15.4. The zero-order valence-corrected chi connectivity index (χ0v) is 21.2. The molecule has 0 aliphatic carbocycles. The summed E-state index contributed by atoms with van der Waals surface area (Å²) in [5.41, 5.74) is 0.780. The number of non-ortho nitro benzene ring substituents is 1. The number of nitro benzene ring substituents is 1. The highest BCUT2D eigenvalue weighted by Crippen LogP contribution is 2.44. The molecule has 1 N–H and O–H groups in total. The molecule has 0 radical (unpaired) electrons. The molecule has 10 nitrogen and oxygen atoms in total. The van der Waals surface area contributed by atoms with E-state index in [0.717, 1.165) is 21.8 Å². The lowest BCUT2D eigenvalue weighted by Gasteiger charge is -2.23. The van der Waals surface area contributed by atoms with Gasteiger partial charge in [0.2, 0.25) is 10.9 Å². The van der Waals surface area contributed by atoms with Crippen molar-refractivity contribution in [2.45, 2.75) is 23.1 Å². The Hall–Kier alpha value is -4.36. The molecule has 0 saturated carbocycles. The van der Waals surface area contributed by atoms with Crippen LogP contribution in [0.4, 0.5) is 15.2 Å². The summed E-state index contributed by atoms with van der Waals surface area (Å²) in [4.78, 5) is 38.4. The molecular formula is C25H17FN4O6S2. The molecule has 192 valence electrons. The summed E-state index contributed by atoms with van der Waals surface area (Å²) in [5.74, 6) is -1.82. The van der Waals surface area contributed by atoms with Crippen molar-refractivity contribution >= 4 is 45.6 Å². The van der Waals surface area contributed by atoms with Gasteiger partial charge in [-0.2, -0.15) is 0 Å². The first kappa shape index (κ1) is 25.3. The minimum Gasteiger partial charge on any atom is -0.503 e. The maximum Gasteiger partial charge on any atom is 0.296 e. The van der Waals surface area contributed by atoms with E-state index < -0.39 is 28.4 Å². The maximum absolute atomic E-state index is 13.4. The van der Waals surface area contributed by atoms with Crippen molar-refractivity contribution in [1.29, 1.82) is 0 Å². The molecule has 0 fully saturated rings. The number of ketones is 1. The van der Waals surface area contributed by atoms with Crippen LogP contribution in [0, 0.1) is 22.9 Å². The van der Waals surface area contributed by atoms with Crippen LogP contribution in [-0.4, -0.2) is 31.9 Å². The second-order valence-corrected chi connectivity index (χ2v) is 10.4. The minimum atomic E-state index is -1.14. The molecule has 0 saturated heterocycles. The van der Waals surface area contributed by atoms with E-state index in [-0.39, 0.29) is 28.0 Å². The van der Waals surface area contributed by atoms with Crippen LogP contribution in [0.3, 0.4) is 0 Å². The number of halogens is 1. The molecule has 1 aliphatic rings. The maximum atomic E-state index is 13.4. The third-order valence-corrected chi connectivity index (χ3v) is 7.84.